The molecule has 27 heavy (non-hydrogen) atoms. The van der Waals surface area contributed by atoms with Gasteiger partial charge in [0.15, 0.2) is 0 Å². The highest BCUT2D eigenvalue weighted by Crippen LogP contribution is 2.33. The molecule has 2 heterocycles. The first-order valence-corrected chi connectivity index (χ1v) is 9.72. The Bertz CT molecular complexity index is 1000. The maximum Gasteiger partial charge on any atom is 0.267 e. The van der Waals surface area contributed by atoms with Crippen molar-refractivity contribution < 1.29 is 9.59 Å². The highest BCUT2D eigenvalue weighted by atomic mass is 32.1. The van der Waals surface area contributed by atoms with Crippen molar-refractivity contribution in [3.8, 4) is 12.1 Å². The Morgan fingerprint density at radius 2 is 1.96 bits per heavy atom. The quantitative estimate of drug-likeness (QED) is 0.612. The molecule has 138 valence electrons. The van der Waals surface area contributed by atoms with Crippen molar-refractivity contribution in [3.63, 3.8) is 0 Å². The van der Waals surface area contributed by atoms with Gasteiger partial charge in [0, 0.05) is 23.8 Å². The maximum absolute atomic E-state index is 12.5. The molecule has 0 aliphatic carbocycles. The molecule has 1 N–H and O–H groups in total. The molecule has 0 atom stereocenters. The number of anilines is 1. The van der Waals surface area contributed by atoms with Crippen molar-refractivity contribution >= 4 is 45.6 Å². The van der Waals surface area contributed by atoms with Gasteiger partial charge in [-0.25, -0.2) is 0 Å². The summed E-state index contributed by atoms with van der Waals surface area (Å²) in [5.74, 6) is -0.846. The number of nitrogens with zero attached hydrogens (tertiary/aromatic N) is 3. The molecule has 0 aliphatic rings. The van der Waals surface area contributed by atoms with Gasteiger partial charge in [0.1, 0.15) is 22.7 Å². The van der Waals surface area contributed by atoms with E-state index in [2.05, 4.69) is 5.32 Å². The molecule has 2 rings (SSSR count). The van der Waals surface area contributed by atoms with E-state index in [1.807, 2.05) is 31.2 Å². The monoisotopic (exact) mass is 398 g/mol. The van der Waals surface area contributed by atoms with Gasteiger partial charge < -0.3 is 10.2 Å². The zero-order chi connectivity index (χ0) is 20.1. The first-order chi connectivity index (χ1) is 12.8. The fraction of sp³-hybridized carbons (Fsp3) is 0.263. The molecule has 6 nitrogen and oxygen atoms in total. The predicted octanol–water partition coefficient (Wildman–Crippen LogP) is 3.80. The van der Waals surface area contributed by atoms with Crippen LogP contribution in [0.2, 0.25) is 0 Å². The lowest BCUT2D eigenvalue weighted by atomic mass is 10.1. The van der Waals surface area contributed by atoms with Crippen molar-refractivity contribution in [3.05, 3.63) is 43.5 Å². The van der Waals surface area contributed by atoms with E-state index in [1.54, 1.807) is 21.0 Å². The Labute approximate surface area is 166 Å². The van der Waals surface area contributed by atoms with Crippen LogP contribution >= 0.6 is 22.7 Å². The summed E-state index contributed by atoms with van der Waals surface area (Å²) in [4.78, 5) is 28.5. The summed E-state index contributed by atoms with van der Waals surface area (Å²) in [5, 5.41) is 21.6. The van der Waals surface area contributed by atoms with Crippen molar-refractivity contribution in [2.24, 2.45) is 0 Å². The van der Waals surface area contributed by atoms with E-state index in [1.165, 1.54) is 22.3 Å². The number of nitriles is 2. The zero-order valence-electron chi connectivity index (χ0n) is 15.4. The van der Waals surface area contributed by atoms with Crippen LogP contribution in [0.5, 0.6) is 0 Å². The Morgan fingerprint density at radius 1 is 1.26 bits per heavy atom. The normalized spacial score (nSPS) is 10.8. The fourth-order valence-corrected chi connectivity index (χ4v) is 4.34. The number of carbonyl (C=O) groups is 2. The highest BCUT2D eigenvalue weighted by molar-refractivity contribution is 7.18. The molecule has 2 aromatic heterocycles. The molecule has 0 saturated heterocycles. The molecule has 0 bridgehead atoms. The fourth-order valence-electron chi connectivity index (χ4n) is 2.27. The maximum atomic E-state index is 12.5. The minimum Gasteiger partial charge on any atom is -0.344 e. The molecule has 0 fully saturated rings. The number of amides is 2. The standard InChI is InChI=1S/C19H18N4O2S2/c1-5-13-6-7-14(26-13)8-12(9-20)17(24)22-18-15(10-21)11(2)16(27-18)19(25)23(3)4/h6-8H,5H2,1-4H3,(H,22,24)/b12-8+. The first-order valence-electron chi connectivity index (χ1n) is 8.09. The lowest BCUT2D eigenvalue weighted by Crippen LogP contribution is -2.21. The molecule has 0 spiro atoms. The summed E-state index contributed by atoms with van der Waals surface area (Å²) in [7, 11) is 3.24. The third-order valence-corrected chi connectivity index (χ3v) is 6.14. The van der Waals surface area contributed by atoms with Crippen LogP contribution in [0.3, 0.4) is 0 Å². The minimum absolute atomic E-state index is 0.0602. The summed E-state index contributed by atoms with van der Waals surface area (Å²) in [6.45, 7) is 3.70. The molecule has 0 radical (unpaired) electrons. The van der Waals surface area contributed by atoms with E-state index in [-0.39, 0.29) is 22.0 Å². The summed E-state index contributed by atoms with van der Waals surface area (Å²) in [6, 6.07) is 7.74. The Morgan fingerprint density at radius 3 is 2.48 bits per heavy atom. The topological polar surface area (TPSA) is 97.0 Å². The molecule has 0 aliphatic heterocycles. The van der Waals surface area contributed by atoms with Gasteiger partial charge in [-0.2, -0.15) is 10.5 Å². The Balaban J connectivity index is 2.33. The van der Waals surface area contributed by atoms with Gasteiger partial charge in [-0.3, -0.25) is 9.59 Å². The molecule has 0 saturated carbocycles. The summed E-state index contributed by atoms with van der Waals surface area (Å²) in [5.41, 5.74) is 0.694. The van der Waals surface area contributed by atoms with Crippen molar-refractivity contribution in [1.82, 2.24) is 4.90 Å². The van der Waals surface area contributed by atoms with E-state index in [0.29, 0.717) is 10.4 Å². The molecular formula is C19H18N4O2S2. The van der Waals surface area contributed by atoms with Crippen LogP contribution in [-0.2, 0) is 11.2 Å². The van der Waals surface area contributed by atoms with Crippen LogP contribution in [0, 0.1) is 29.6 Å². The van der Waals surface area contributed by atoms with Crippen molar-refractivity contribution in [1.29, 1.82) is 10.5 Å². The predicted molar refractivity (Wildman–Crippen MR) is 108 cm³/mol. The van der Waals surface area contributed by atoms with Gasteiger partial charge >= 0.3 is 0 Å². The van der Waals surface area contributed by atoms with E-state index >= 15 is 0 Å². The van der Waals surface area contributed by atoms with Crippen LogP contribution in [0.25, 0.3) is 6.08 Å². The number of hydrogen-bond acceptors (Lipinski definition) is 6. The van der Waals surface area contributed by atoms with Crippen molar-refractivity contribution in [2.45, 2.75) is 20.3 Å². The van der Waals surface area contributed by atoms with E-state index in [9.17, 15) is 20.1 Å². The molecule has 8 heteroatoms. The molecule has 2 aromatic rings. The van der Waals surface area contributed by atoms with Gasteiger partial charge in [-0.1, -0.05) is 6.92 Å². The molecule has 0 aromatic carbocycles. The summed E-state index contributed by atoms with van der Waals surface area (Å²) in [6.07, 6.45) is 2.41. The Hall–Kier alpha value is -2.94. The second-order valence-corrected chi connectivity index (χ2v) is 8.07. The van der Waals surface area contributed by atoms with Gasteiger partial charge in [0.05, 0.1) is 10.4 Å². The lowest BCUT2D eigenvalue weighted by Gasteiger charge is -2.08. The third-order valence-electron chi connectivity index (χ3n) is 3.77. The van der Waals surface area contributed by atoms with Gasteiger partial charge in [0.25, 0.3) is 11.8 Å². The number of nitrogens with one attached hydrogen (secondary N) is 1. The van der Waals surface area contributed by atoms with E-state index < -0.39 is 5.91 Å². The average Bonchev–Trinajstić information content (AvgIpc) is 3.22. The van der Waals surface area contributed by atoms with Crippen LogP contribution in [-0.4, -0.2) is 30.8 Å². The molecule has 0 unspecified atom stereocenters. The average molecular weight is 399 g/mol. The number of hydrogen-bond donors (Lipinski definition) is 1. The van der Waals surface area contributed by atoms with Crippen LogP contribution in [0.15, 0.2) is 17.7 Å². The SMILES string of the molecule is CCc1ccc(/C=C(\C#N)C(=O)Nc2sc(C(=O)N(C)C)c(C)c2C#N)s1. The van der Waals surface area contributed by atoms with Gasteiger partial charge in [0.2, 0.25) is 0 Å². The zero-order valence-corrected chi connectivity index (χ0v) is 17.0. The van der Waals surface area contributed by atoms with Crippen LogP contribution in [0.4, 0.5) is 5.00 Å². The number of rotatable bonds is 5. The van der Waals surface area contributed by atoms with Crippen LogP contribution in [0.1, 0.15) is 37.5 Å². The smallest absolute Gasteiger partial charge is 0.267 e. The molecular weight excluding hydrogens is 380 g/mol. The molecule has 2 amide bonds. The summed E-state index contributed by atoms with van der Waals surface area (Å²) < 4.78 is 0. The first kappa shape index (κ1) is 20.4. The van der Waals surface area contributed by atoms with Gasteiger partial charge in [-0.15, -0.1) is 22.7 Å². The number of aryl methyl sites for hydroxylation is 1. The second-order valence-electron chi connectivity index (χ2n) is 5.85. The van der Waals surface area contributed by atoms with Gasteiger partial charge in [-0.05, 0) is 37.1 Å². The lowest BCUT2D eigenvalue weighted by molar-refractivity contribution is -0.112. The summed E-state index contributed by atoms with van der Waals surface area (Å²) >= 11 is 2.55. The number of thiophene rings is 2. The third kappa shape index (κ3) is 4.43. The highest BCUT2D eigenvalue weighted by Gasteiger charge is 2.23. The van der Waals surface area contributed by atoms with E-state index in [4.69, 9.17) is 0 Å². The largest absolute Gasteiger partial charge is 0.344 e. The Kier molecular flexibility index (Phi) is 6.51. The van der Waals surface area contributed by atoms with Crippen LogP contribution < -0.4 is 5.32 Å². The van der Waals surface area contributed by atoms with E-state index in [0.717, 1.165) is 27.5 Å². The second kappa shape index (κ2) is 8.63. The minimum atomic E-state index is -0.606. The van der Waals surface area contributed by atoms with Crippen molar-refractivity contribution in [2.75, 3.05) is 19.4 Å². The number of carbonyl (C=O) groups excluding carboxylic acids is 2.